The number of benzene rings is 2. The number of hydrogen-bond donors (Lipinski definition) is 2. The Morgan fingerprint density at radius 1 is 1.12 bits per heavy atom. The average molecular weight is 455 g/mol. The third-order valence-electron chi connectivity index (χ3n) is 6.19. The molecular weight excluding hydrogens is 431 g/mol. The van der Waals surface area contributed by atoms with Crippen LogP contribution in [0.2, 0.25) is 0 Å². The minimum absolute atomic E-state index is 0.152. The van der Waals surface area contributed by atoms with Crippen molar-refractivity contribution in [1.82, 2.24) is 14.5 Å². The van der Waals surface area contributed by atoms with Crippen molar-refractivity contribution < 1.29 is 14.0 Å². The summed E-state index contributed by atoms with van der Waals surface area (Å²) < 4.78 is 15.2. The summed E-state index contributed by atoms with van der Waals surface area (Å²) in [6.07, 6.45) is 4.21. The number of thioether (sulfide) groups is 1. The number of amides is 2. The molecule has 5 rings (SSSR count). The molecule has 1 aromatic heterocycles. The minimum atomic E-state index is -0.659. The molecule has 9 heteroatoms. The molecule has 0 spiro atoms. The van der Waals surface area contributed by atoms with Gasteiger partial charge in [-0.05, 0) is 49.2 Å². The van der Waals surface area contributed by atoms with E-state index >= 15 is 0 Å². The van der Waals surface area contributed by atoms with Crippen LogP contribution in [0.25, 0.3) is 11.0 Å². The van der Waals surface area contributed by atoms with E-state index in [0.29, 0.717) is 28.4 Å². The van der Waals surface area contributed by atoms with Crippen LogP contribution in [0.15, 0.2) is 47.3 Å². The molecule has 3 aromatic rings. The predicted molar refractivity (Wildman–Crippen MR) is 122 cm³/mol. The lowest BCUT2D eigenvalue weighted by molar-refractivity contribution is -0.119. The van der Waals surface area contributed by atoms with Crippen molar-refractivity contribution in [3.8, 4) is 0 Å². The number of fused-ring (bicyclic) bond motifs is 1. The smallest absolute Gasteiger partial charge is 0.324 e. The second kappa shape index (κ2) is 8.46. The van der Waals surface area contributed by atoms with E-state index in [4.69, 9.17) is 0 Å². The Morgan fingerprint density at radius 3 is 2.72 bits per heavy atom. The third kappa shape index (κ3) is 3.81. The highest BCUT2D eigenvalue weighted by molar-refractivity contribution is 7.99. The fraction of sp³-hybridized carbons (Fsp3) is 0.348. The summed E-state index contributed by atoms with van der Waals surface area (Å²) in [6, 6.07) is 10.4. The van der Waals surface area contributed by atoms with E-state index < -0.39 is 11.9 Å². The van der Waals surface area contributed by atoms with Gasteiger partial charge in [-0.2, -0.15) is 0 Å². The van der Waals surface area contributed by atoms with E-state index in [1.54, 1.807) is 22.8 Å². The number of imidazole rings is 1. The van der Waals surface area contributed by atoms with Crippen molar-refractivity contribution >= 4 is 40.3 Å². The van der Waals surface area contributed by atoms with E-state index in [-0.39, 0.29) is 23.5 Å². The first-order valence-electron chi connectivity index (χ1n) is 10.7. The van der Waals surface area contributed by atoms with Crippen molar-refractivity contribution in [1.29, 1.82) is 0 Å². The summed E-state index contributed by atoms with van der Waals surface area (Å²) in [6.45, 7) is 0. The molecule has 1 saturated heterocycles. The molecule has 1 atom stereocenters. The molecule has 2 amide bonds. The van der Waals surface area contributed by atoms with Crippen LogP contribution in [0.1, 0.15) is 42.1 Å². The number of anilines is 1. The maximum absolute atomic E-state index is 13.4. The highest BCUT2D eigenvalue weighted by Gasteiger charge is 2.35. The molecule has 7 nitrogen and oxygen atoms in total. The van der Waals surface area contributed by atoms with Gasteiger partial charge in [-0.3, -0.25) is 14.2 Å². The first-order chi connectivity index (χ1) is 15.5. The van der Waals surface area contributed by atoms with Crippen LogP contribution in [0.4, 0.5) is 10.1 Å². The summed E-state index contributed by atoms with van der Waals surface area (Å²) >= 11 is 1.49. The van der Waals surface area contributed by atoms with Crippen LogP contribution in [0.3, 0.4) is 0 Å². The molecule has 0 radical (unpaired) electrons. The fourth-order valence-corrected chi connectivity index (χ4v) is 5.76. The average Bonchev–Trinajstić information content (AvgIpc) is 3.51. The molecule has 1 unspecified atom stereocenters. The molecule has 2 aliphatic rings. The Kier molecular flexibility index (Phi) is 5.50. The van der Waals surface area contributed by atoms with Crippen LogP contribution in [0, 0.1) is 5.82 Å². The van der Waals surface area contributed by atoms with E-state index in [1.807, 2.05) is 6.07 Å². The Morgan fingerprint density at radius 2 is 1.94 bits per heavy atom. The molecule has 2 aromatic carbocycles. The summed E-state index contributed by atoms with van der Waals surface area (Å²) in [5.74, 6) is -0.216. The largest absolute Gasteiger partial charge is 0.326 e. The Hall–Kier alpha value is -3.07. The highest BCUT2D eigenvalue weighted by Crippen LogP contribution is 2.31. The van der Waals surface area contributed by atoms with Gasteiger partial charge in [0.05, 0.1) is 16.9 Å². The Balaban J connectivity index is 1.38. The molecule has 2 fully saturated rings. The lowest BCUT2D eigenvalue weighted by Crippen LogP contribution is -2.44. The summed E-state index contributed by atoms with van der Waals surface area (Å²) in [7, 11) is 0. The molecule has 166 valence electrons. The summed E-state index contributed by atoms with van der Waals surface area (Å²) in [5, 5.41) is 2.70. The Bertz CT molecular complexity index is 1250. The van der Waals surface area contributed by atoms with Crippen molar-refractivity contribution in [3.63, 3.8) is 0 Å². The van der Waals surface area contributed by atoms with Crippen LogP contribution < -0.4 is 11.0 Å². The molecule has 1 saturated carbocycles. The van der Waals surface area contributed by atoms with Crippen molar-refractivity contribution in [3.05, 3.63) is 64.3 Å². The second-order valence-corrected chi connectivity index (χ2v) is 9.26. The molecule has 1 aliphatic carbocycles. The number of aromatic nitrogens is 2. The van der Waals surface area contributed by atoms with Gasteiger partial charge < -0.3 is 15.2 Å². The summed E-state index contributed by atoms with van der Waals surface area (Å²) in [4.78, 5) is 43.0. The maximum atomic E-state index is 13.4. The second-order valence-electron chi connectivity index (χ2n) is 8.26. The molecule has 2 N–H and O–H groups in total. The highest BCUT2D eigenvalue weighted by atomic mass is 32.2. The van der Waals surface area contributed by atoms with E-state index in [1.165, 1.54) is 34.9 Å². The SMILES string of the molecule is O=C(Nc1cccc(F)c1)C1CSCN1C(=O)c1ccc2c(c1)[nH]c(=O)n2C1CCCC1. The van der Waals surface area contributed by atoms with E-state index in [0.717, 1.165) is 31.2 Å². The predicted octanol–water partition coefficient (Wildman–Crippen LogP) is 3.74. The maximum Gasteiger partial charge on any atom is 0.326 e. The number of rotatable bonds is 4. The number of H-pyrrole nitrogens is 1. The van der Waals surface area contributed by atoms with Crippen molar-refractivity contribution in [2.75, 3.05) is 16.9 Å². The molecular formula is C23H23FN4O3S. The Labute approximate surface area is 188 Å². The number of aromatic amines is 1. The molecule has 1 aliphatic heterocycles. The van der Waals surface area contributed by atoms with E-state index in [2.05, 4.69) is 10.3 Å². The first kappa shape index (κ1) is 20.8. The number of nitrogens with one attached hydrogen (secondary N) is 2. The number of carbonyl (C=O) groups excluding carboxylic acids is 2. The number of hydrogen-bond acceptors (Lipinski definition) is 4. The molecule has 2 heterocycles. The van der Waals surface area contributed by atoms with Crippen LogP contribution in [-0.4, -0.2) is 43.9 Å². The van der Waals surface area contributed by atoms with Gasteiger partial charge in [0.15, 0.2) is 0 Å². The lowest BCUT2D eigenvalue weighted by atomic mass is 10.1. The number of nitrogens with zero attached hydrogens (tertiary/aromatic N) is 2. The van der Waals surface area contributed by atoms with Gasteiger partial charge in [0.1, 0.15) is 11.9 Å². The van der Waals surface area contributed by atoms with Gasteiger partial charge in [-0.25, -0.2) is 9.18 Å². The number of carbonyl (C=O) groups is 2. The topological polar surface area (TPSA) is 87.2 Å². The fourth-order valence-electron chi connectivity index (χ4n) is 4.61. The molecule has 0 bridgehead atoms. The van der Waals surface area contributed by atoms with Gasteiger partial charge >= 0.3 is 5.69 Å². The standard InChI is InChI=1S/C23H23FN4O3S/c24-15-4-3-5-16(11-15)25-21(29)20-12-32-13-27(20)22(30)14-8-9-19-18(10-14)26-23(31)28(19)17-6-1-2-7-17/h3-5,8-11,17,20H,1-2,6-7,12-13H2,(H,25,29)(H,26,31). The van der Waals surface area contributed by atoms with Crippen LogP contribution in [0.5, 0.6) is 0 Å². The van der Waals surface area contributed by atoms with E-state index in [9.17, 15) is 18.8 Å². The zero-order chi connectivity index (χ0) is 22.2. The monoisotopic (exact) mass is 454 g/mol. The lowest BCUT2D eigenvalue weighted by Gasteiger charge is -2.23. The van der Waals surface area contributed by atoms with Gasteiger partial charge in [0.2, 0.25) is 5.91 Å². The first-order valence-corrected chi connectivity index (χ1v) is 11.9. The zero-order valence-electron chi connectivity index (χ0n) is 17.3. The minimum Gasteiger partial charge on any atom is -0.324 e. The van der Waals surface area contributed by atoms with Crippen molar-refractivity contribution in [2.24, 2.45) is 0 Å². The van der Waals surface area contributed by atoms with Gasteiger partial charge in [0.25, 0.3) is 5.91 Å². The zero-order valence-corrected chi connectivity index (χ0v) is 18.2. The van der Waals surface area contributed by atoms with Gasteiger partial charge in [-0.1, -0.05) is 18.9 Å². The van der Waals surface area contributed by atoms with Gasteiger partial charge in [-0.15, -0.1) is 11.8 Å². The summed E-state index contributed by atoms with van der Waals surface area (Å²) in [5.41, 5.74) is 2.05. The quantitative estimate of drug-likeness (QED) is 0.629. The number of halogens is 1. The van der Waals surface area contributed by atoms with Gasteiger partial charge in [0, 0.05) is 23.0 Å². The van der Waals surface area contributed by atoms with Crippen LogP contribution in [-0.2, 0) is 4.79 Å². The molecule has 32 heavy (non-hydrogen) atoms. The third-order valence-corrected chi connectivity index (χ3v) is 7.20. The van der Waals surface area contributed by atoms with Crippen LogP contribution >= 0.6 is 11.8 Å². The normalized spacial score (nSPS) is 19.0. The van der Waals surface area contributed by atoms with Crippen molar-refractivity contribution in [2.45, 2.75) is 37.8 Å².